The average Bonchev–Trinajstić information content (AvgIpc) is 2.66. The molecule has 0 aliphatic heterocycles. The first kappa shape index (κ1) is 21.6. The molecular formula is C21H26ClN3O3. The Labute approximate surface area is 170 Å². The lowest BCUT2D eigenvalue weighted by molar-refractivity contribution is -0.133. The monoisotopic (exact) mass is 403 g/mol. The van der Waals surface area contributed by atoms with Crippen LogP contribution in [0.4, 0.5) is 10.5 Å². The van der Waals surface area contributed by atoms with E-state index in [-0.39, 0.29) is 11.8 Å². The zero-order valence-electron chi connectivity index (χ0n) is 16.5. The molecule has 0 heterocycles. The fourth-order valence-corrected chi connectivity index (χ4v) is 2.98. The van der Waals surface area contributed by atoms with Crippen LogP contribution >= 0.6 is 11.6 Å². The summed E-state index contributed by atoms with van der Waals surface area (Å²) in [5.41, 5.74) is 1.45. The molecule has 0 aliphatic carbocycles. The number of hydrogen-bond donors (Lipinski definition) is 2. The molecule has 0 bridgehead atoms. The number of urea groups is 1. The first-order chi connectivity index (χ1) is 13.3. The number of para-hydroxylation sites is 1. The van der Waals surface area contributed by atoms with Crippen molar-refractivity contribution in [2.75, 3.05) is 19.5 Å². The second-order valence-electron chi connectivity index (χ2n) is 6.84. The summed E-state index contributed by atoms with van der Waals surface area (Å²) in [5.74, 6) is 0.373. The van der Waals surface area contributed by atoms with Crippen LogP contribution in [-0.4, -0.2) is 37.0 Å². The summed E-state index contributed by atoms with van der Waals surface area (Å²) >= 11 is 6.07. The normalized spacial score (nSPS) is 11.6. The summed E-state index contributed by atoms with van der Waals surface area (Å²) in [5, 5.41) is 6.08. The van der Waals surface area contributed by atoms with Gasteiger partial charge in [0.05, 0.1) is 7.11 Å². The van der Waals surface area contributed by atoms with Gasteiger partial charge in [-0.1, -0.05) is 43.6 Å². The number of carbonyl (C=O) groups excluding carboxylic acids is 2. The molecule has 0 spiro atoms. The highest BCUT2D eigenvalue weighted by Crippen LogP contribution is 2.24. The van der Waals surface area contributed by atoms with Crippen LogP contribution in [0.5, 0.6) is 5.75 Å². The number of anilines is 1. The molecule has 28 heavy (non-hydrogen) atoms. The maximum absolute atomic E-state index is 13.0. The second kappa shape index (κ2) is 9.99. The van der Waals surface area contributed by atoms with E-state index in [1.165, 1.54) is 0 Å². The molecule has 0 aliphatic rings. The van der Waals surface area contributed by atoms with Gasteiger partial charge in [0.15, 0.2) is 0 Å². The Kier molecular flexibility index (Phi) is 7.70. The summed E-state index contributed by atoms with van der Waals surface area (Å²) in [4.78, 5) is 26.9. The molecule has 0 radical (unpaired) electrons. The molecule has 2 N–H and O–H groups in total. The Bertz CT molecular complexity index is 812. The van der Waals surface area contributed by atoms with Crippen LogP contribution < -0.4 is 15.4 Å². The van der Waals surface area contributed by atoms with E-state index in [4.69, 9.17) is 16.3 Å². The summed E-state index contributed by atoms with van der Waals surface area (Å²) in [6.07, 6.45) is 0. The fourth-order valence-electron chi connectivity index (χ4n) is 2.79. The van der Waals surface area contributed by atoms with Crippen LogP contribution in [0.15, 0.2) is 48.5 Å². The summed E-state index contributed by atoms with van der Waals surface area (Å²) in [6, 6.07) is 13.3. The first-order valence-corrected chi connectivity index (χ1v) is 9.39. The number of likely N-dealkylation sites (N-methyl/N-ethyl adjacent to an activating group) is 1. The van der Waals surface area contributed by atoms with Gasteiger partial charge in [0.1, 0.15) is 11.8 Å². The quantitative estimate of drug-likeness (QED) is 0.729. The lowest BCUT2D eigenvalue weighted by Gasteiger charge is -2.27. The Hall–Kier alpha value is -2.73. The lowest BCUT2D eigenvalue weighted by atomic mass is 10.0. The van der Waals surface area contributed by atoms with Crippen molar-refractivity contribution in [1.29, 1.82) is 0 Å². The van der Waals surface area contributed by atoms with Crippen LogP contribution in [0, 0.1) is 5.92 Å². The Morgan fingerprint density at radius 1 is 1.14 bits per heavy atom. The molecule has 2 aromatic rings. The van der Waals surface area contributed by atoms with E-state index < -0.39 is 12.1 Å². The fraction of sp³-hybridized carbons (Fsp3) is 0.333. The summed E-state index contributed by atoms with van der Waals surface area (Å²) in [6.45, 7) is 4.09. The van der Waals surface area contributed by atoms with Crippen molar-refractivity contribution in [3.63, 3.8) is 0 Å². The highest BCUT2D eigenvalue weighted by Gasteiger charge is 2.27. The average molecular weight is 404 g/mol. The van der Waals surface area contributed by atoms with Crippen molar-refractivity contribution in [3.05, 3.63) is 59.1 Å². The number of rotatable bonds is 7. The molecular weight excluding hydrogens is 378 g/mol. The Morgan fingerprint density at radius 3 is 2.43 bits per heavy atom. The van der Waals surface area contributed by atoms with E-state index >= 15 is 0 Å². The molecule has 0 saturated heterocycles. The molecule has 1 atom stereocenters. The summed E-state index contributed by atoms with van der Waals surface area (Å²) < 4.78 is 5.34. The van der Waals surface area contributed by atoms with E-state index in [1.54, 1.807) is 49.4 Å². The van der Waals surface area contributed by atoms with Crippen LogP contribution in [0.25, 0.3) is 0 Å². The SMILES string of the molecule is COc1ccc(Cl)cc1CN(C)C(=O)C(NC(=O)Nc1ccccc1)C(C)C. The standard InChI is InChI=1S/C21H26ClN3O3/c1-14(2)19(24-21(27)23-17-8-6-5-7-9-17)20(26)25(3)13-15-12-16(22)10-11-18(15)28-4/h5-12,14,19H,13H2,1-4H3,(H2,23,24,27). The van der Waals surface area contributed by atoms with Gasteiger partial charge in [0.2, 0.25) is 5.91 Å². The van der Waals surface area contributed by atoms with Crippen LogP contribution in [0.1, 0.15) is 19.4 Å². The minimum absolute atomic E-state index is 0.0854. The van der Waals surface area contributed by atoms with Gasteiger partial charge < -0.3 is 20.3 Å². The minimum Gasteiger partial charge on any atom is -0.496 e. The first-order valence-electron chi connectivity index (χ1n) is 9.01. The third-order valence-electron chi connectivity index (χ3n) is 4.28. The van der Waals surface area contributed by atoms with E-state index in [1.807, 2.05) is 32.0 Å². The van der Waals surface area contributed by atoms with Gasteiger partial charge in [-0.2, -0.15) is 0 Å². The van der Waals surface area contributed by atoms with Gasteiger partial charge in [0, 0.05) is 29.9 Å². The van der Waals surface area contributed by atoms with Crippen molar-refractivity contribution in [2.24, 2.45) is 5.92 Å². The maximum atomic E-state index is 13.0. The third-order valence-corrected chi connectivity index (χ3v) is 4.51. The van der Waals surface area contributed by atoms with E-state index in [2.05, 4.69) is 10.6 Å². The van der Waals surface area contributed by atoms with Crippen molar-refractivity contribution < 1.29 is 14.3 Å². The molecule has 7 heteroatoms. The van der Waals surface area contributed by atoms with Crippen molar-refractivity contribution >= 4 is 29.2 Å². The van der Waals surface area contributed by atoms with Crippen LogP contribution in [0.2, 0.25) is 5.02 Å². The predicted molar refractivity (Wildman–Crippen MR) is 112 cm³/mol. The number of nitrogens with zero attached hydrogens (tertiary/aromatic N) is 1. The number of ether oxygens (including phenoxy) is 1. The largest absolute Gasteiger partial charge is 0.496 e. The molecule has 2 rings (SSSR count). The number of amides is 3. The van der Waals surface area contributed by atoms with E-state index in [9.17, 15) is 9.59 Å². The predicted octanol–water partition coefficient (Wildman–Crippen LogP) is 4.15. The molecule has 2 aromatic carbocycles. The zero-order valence-corrected chi connectivity index (χ0v) is 17.3. The highest BCUT2D eigenvalue weighted by atomic mass is 35.5. The number of halogens is 1. The van der Waals surface area contributed by atoms with Gasteiger partial charge >= 0.3 is 6.03 Å². The molecule has 0 fully saturated rings. The molecule has 0 saturated carbocycles. The van der Waals surface area contributed by atoms with Crippen molar-refractivity contribution in [1.82, 2.24) is 10.2 Å². The van der Waals surface area contributed by atoms with Gasteiger partial charge in [-0.05, 0) is 36.2 Å². The smallest absolute Gasteiger partial charge is 0.319 e. The second-order valence-corrected chi connectivity index (χ2v) is 7.27. The molecule has 0 aromatic heterocycles. The summed E-state index contributed by atoms with van der Waals surface area (Å²) in [7, 11) is 3.26. The third kappa shape index (κ3) is 5.89. The van der Waals surface area contributed by atoms with Gasteiger partial charge in [-0.25, -0.2) is 4.79 Å². The molecule has 6 nitrogen and oxygen atoms in total. The van der Waals surface area contributed by atoms with Gasteiger partial charge in [-0.15, -0.1) is 0 Å². The number of carbonyl (C=O) groups is 2. The zero-order chi connectivity index (χ0) is 20.7. The lowest BCUT2D eigenvalue weighted by Crippen LogP contribution is -2.51. The number of methoxy groups -OCH3 is 1. The number of benzene rings is 2. The van der Waals surface area contributed by atoms with Gasteiger partial charge in [0.25, 0.3) is 0 Å². The number of hydrogen-bond acceptors (Lipinski definition) is 3. The Morgan fingerprint density at radius 2 is 1.82 bits per heavy atom. The molecule has 3 amide bonds. The van der Waals surface area contributed by atoms with E-state index in [0.29, 0.717) is 23.0 Å². The van der Waals surface area contributed by atoms with Crippen LogP contribution in [-0.2, 0) is 11.3 Å². The van der Waals surface area contributed by atoms with Crippen molar-refractivity contribution in [3.8, 4) is 5.75 Å². The maximum Gasteiger partial charge on any atom is 0.319 e. The van der Waals surface area contributed by atoms with Crippen molar-refractivity contribution in [2.45, 2.75) is 26.4 Å². The van der Waals surface area contributed by atoms with Crippen LogP contribution in [0.3, 0.4) is 0 Å². The molecule has 150 valence electrons. The Balaban J connectivity index is 2.07. The van der Waals surface area contributed by atoms with Gasteiger partial charge in [-0.3, -0.25) is 4.79 Å². The molecule has 1 unspecified atom stereocenters. The van der Waals surface area contributed by atoms with E-state index in [0.717, 1.165) is 5.56 Å². The minimum atomic E-state index is -0.668. The number of nitrogens with one attached hydrogen (secondary N) is 2. The highest BCUT2D eigenvalue weighted by molar-refractivity contribution is 6.30. The topological polar surface area (TPSA) is 70.7 Å².